The number of carboxylic acid groups (broad SMARTS) is 1. The number of rotatable bonds is 6. The summed E-state index contributed by atoms with van der Waals surface area (Å²) < 4.78 is 5.22. The summed E-state index contributed by atoms with van der Waals surface area (Å²) in [6, 6.07) is -1.56. The van der Waals surface area contributed by atoms with Gasteiger partial charge in [0.25, 0.3) is 0 Å². The summed E-state index contributed by atoms with van der Waals surface area (Å²) in [5, 5.41) is 12.3. The van der Waals surface area contributed by atoms with Crippen molar-refractivity contribution in [1.29, 1.82) is 0 Å². The fourth-order valence-electron chi connectivity index (χ4n) is 4.16. The lowest BCUT2D eigenvalue weighted by atomic mass is 9.83. The lowest BCUT2D eigenvalue weighted by molar-refractivity contribution is -0.149. The molecule has 2 amide bonds. The minimum absolute atomic E-state index is 0.0241. The third kappa shape index (κ3) is 5.84. The summed E-state index contributed by atoms with van der Waals surface area (Å²) in [6.07, 6.45) is 4.70. The van der Waals surface area contributed by atoms with Crippen molar-refractivity contribution in [2.24, 2.45) is 17.3 Å². The van der Waals surface area contributed by atoms with Gasteiger partial charge in [0, 0.05) is 6.54 Å². The van der Waals surface area contributed by atoms with Crippen LogP contribution in [0.15, 0.2) is 0 Å². The van der Waals surface area contributed by atoms with E-state index in [9.17, 15) is 19.5 Å². The molecule has 7 nitrogen and oxygen atoms in total. The van der Waals surface area contributed by atoms with E-state index < -0.39 is 24.1 Å². The average Bonchev–Trinajstić information content (AvgIpc) is 2.94. The van der Waals surface area contributed by atoms with Crippen LogP contribution in [0.5, 0.6) is 0 Å². The normalized spacial score (nSPS) is 23.9. The van der Waals surface area contributed by atoms with Crippen LogP contribution in [0.4, 0.5) is 4.79 Å². The number of carbonyl (C=O) groups excluding carboxylic acids is 2. The molecule has 2 atom stereocenters. The Hall–Kier alpha value is -1.79. The Kier molecular flexibility index (Phi) is 7.12. The van der Waals surface area contributed by atoms with Gasteiger partial charge in [0.15, 0.2) is 0 Å². The van der Waals surface area contributed by atoms with Crippen molar-refractivity contribution in [2.45, 2.75) is 78.3 Å². The number of carboxylic acids is 1. The Labute approximate surface area is 161 Å². The molecule has 154 valence electrons. The van der Waals surface area contributed by atoms with Crippen LogP contribution in [0.2, 0.25) is 0 Å². The van der Waals surface area contributed by atoms with Crippen molar-refractivity contribution in [3.63, 3.8) is 0 Å². The number of hydrogen-bond donors (Lipinski definition) is 2. The second-order valence-corrected chi connectivity index (χ2v) is 9.20. The highest BCUT2D eigenvalue weighted by Crippen LogP contribution is 2.36. The van der Waals surface area contributed by atoms with E-state index in [1.165, 1.54) is 4.90 Å². The molecule has 1 aliphatic heterocycles. The molecule has 0 radical (unpaired) electrons. The predicted molar refractivity (Wildman–Crippen MR) is 101 cm³/mol. The van der Waals surface area contributed by atoms with E-state index in [4.69, 9.17) is 4.74 Å². The fourth-order valence-corrected chi connectivity index (χ4v) is 4.16. The Morgan fingerprint density at radius 2 is 1.81 bits per heavy atom. The van der Waals surface area contributed by atoms with Gasteiger partial charge in [0.2, 0.25) is 5.91 Å². The van der Waals surface area contributed by atoms with E-state index in [1.54, 1.807) is 0 Å². The van der Waals surface area contributed by atoms with Crippen LogP contribution >= 0.6 is 0 Å². The largest absolute Gasteiger partial charge is 0.480 e. The maximum atomic E-state index is 13.3. The van der Waals surface area contributed by atoms with Gasteiger partial charge < -0.3 is 20.1 Å². The Morgan fingerprint density at radius 3 is 2.37 bits per heavy atom. The Balaban J connectivity index is 2.16. The quantitative estimate of drug-likeness (QED) is 0.736. The predicted octanol–water partition coefficient (Wildman–Crippen LogP) is 3.03. The van der Waals surface area contributed by atoms with Crippen molar-refractivity contribution in [1.82, 2.24) is 10.2 Å². The maximum Gasteiger partial charge on any atom is 0.407 e. The van der Waals surface area contributed by atoms with Gasteiger partial charge in [-0.25, -0.2) is 9.59 Å². The molecule has 27 heavy (non-hydrogen) atoms. The lowest BCUT2D eigenvalue weighted by Gasteiger charge is -2.34. The molecule has 2 unspecified atom stereocenters. The van der Waals surface area contributed by atoms with E-state index in [2.05, 4.69) is 5.32 Å². The zero-order valence-corrected chi connectivity index (χ0v) is 17.0. The summed E-state index contributed by atoms with van der Waals surface area (Å²) in [5.74, 6) is -1.05. The number of aliphatic carboxylic acids is 1. The maximum absolute atomic E-state index is 13.3. The Bertz CT molecular complexity index is 555. The van der Waals surface area contributed by atoms with E-state index in [-0.39, 0.29) is 29.8 Å². The molecule has 1 saturated heterocycles. The third-order valence-electron chi connectivity index (χ3n) is 5.50. The van der Waals surface area contributed by atoms with Gasteiger partial charge >= 0.3 is 12.1 Å². The molecule has 0 aromatic heterocycles. The molecule has 7 heteroatoms. The topological polar surface area (TPSA) is 95.9 Å². The lowest BCUT2D eigenvalue weighted by Crippen LogP contribution is -2.55. The highest BCUT2D eigenvalue weighted by atomic mass is 16.5. The minimum Gasteiger partial charge on any atom is -0.480 e. The molecular formula is C20H34N2O5. The fraction of sp³-hybridized carbons (Fsp3) is 0.850. The number of nitrogens with one attached hydrogen (secondary N) is 1. The number of amides is 2. The first kappa shape index (κ1) is 21.5. The molecule has 1 aliphatic carbocycles. The van der Waals surface area contributed by atoms with Crippen molar-refractivity contribution in [2.75, 3.05) is 13.2 Å². The van der Waals surface area contributed by atoms with Crippen LogP contribution in [0.3, 0.4) is 0 Å². The molecular weight excluding hydrogens is 348 g/mol. The van der Waals surface area contributed by atoms with Crippen LogP contribution < -0.4 is 5.32 Å². The van der Waals surface area contributed by atoms with E-state index in [0.717, 1.165) is 32.1 Å². The van der Waals surface area contributed by atoms with Crippen LogP contribution in [0, 0.1) is 17.3 Å². The minimum atomic E-state index is -0.987. The molecule has 2 rings (SSSR count). The summed E-state index contributed by atoms with van der Waals surface area (Å²) in [4.78, 5) is 38.7. The molecule has 2 aliphatic rings. The van der Waals surface area contributed by atoms with E-state index in [0.29, 0.717) is 13.0 Å². The number of ether oxygens (including phenoxy) is 1. The van der Waals surface area contributed by atoms with Crippen LogP contribution in [0.25, 0.3) is 0 Å². The van der Waals surface area contributed by atoms with E-state index >= 15 is 0 Å². The molecule has 0 aromatic carbocycles. The zero-order chi connectivity index (χ0) is 20.2. The summed E-state index contributed by atoms with van der Waals surface area (Å²) in [5.41, 5.74) is -0.256. The van der Waals surface area contributed by atoms with Crippen molar-refractivity contribution in [3.05, 3.63) is 0 Å². The third-order valence-corrected chi connectivity index (χ3v) is 5.50. The average molecular weight is 383 g/mol. The monoisotopic (exact) mass is 382 g/mol. The second-order valence-electron chi connectivity index (χ2n) is 9.20. The number of hydrogen-bond acceptors (Lipinski definition) is 4. The highest BCUT2D eigenvalue weighted by Gasteiger charge is 2.47. The number of carbonyl (C=O) groups is 3. The molecule has 2 N–H and O–H groups in total. The number of alkyl carbamates (subject to hydrolysis) is 1. The second kappa shape index (κ2) is 8.93. The zero-order valence-electron chi connectivity index (χ0n) is 17.0. The van der Waals surface area contributed by atoms with Crippen LogP contribution in [0.1, 0.15) is 66.2 Å². The molecule has 0 aromatic rings. The summed E-state index contributed by atoms with van der Waals surface area (Å²) in [6.45, 7) is 8.49. The first-order valence-electron chi connectivity index (χ1n) is 10.1. The number of likely N-dealkylation sites (tertiary alicyclic amines) is 1. The molecule has 2 fully saturated rings. The molecule has 0 bridgehead atoms. The molecule has 0 spiro atoms. The van der Waals surface area contributed by atoms with Gasteiger partial charge in [-0.2, -0.15) is 0 Å². The first-order chi connectivity index (χ1) is 12.6. The Morgan fingerprint density at radius 1 is 1.19 bits per heavy atom. The van der Waals surface area contributed by atoms with E-state index in [1.807, 2.05) is 27.7 Å². The van der Waals surface area contributed by atoms with Crippen LogP contribution in [-0.2, 0) is 14.3 Å². The van der Waals surface area contributed by atoms with Gasteiger partial charge in [-0.15, -0.1) is 0 Å². The number of nitrogens with zero attached hydrogens (tertiary/aromatic N) is 1. The standard InChI is InChI=1S/C20H34N2O5/c1-13(2)11-27-19(26)21-16(14-8-6-5-7-9-14)17(23)22-12-20(3,4)10-15(22)18(24)25/h13-16H,5-12H2,1-4H3,(H,21,26)(H,24,25). The van der Waals surface area contributed by atoms with Crippen LogP contribution in [-0.4, -0.2) is 53.2 Å². The SMILES string of the molecule is CC(C)COC(=O)NC(C(=O)N1CC(C)(C)CC1C(=O)O)C1CCCCC1. The summed E-state index contributed by atoms with van der Waals surface area (Å²) in [7, 11) is 0. The first-order valence-corrected chi connectivity index (χ1v) is 10.1. The van der Waals surface area contributed by atoms with Crippen molar-refractivity contribution in [3.8, 4) is 0 Å². The molecule has 1 heterocycles. The highest BCUT2D eigenvalue weighted by molar-refractivity contribution is 5.90. The van der Waals surface area contributed by atoms with Gasteiger partial charge in [-0.3, -0.25) is 4.79 Å². The van der Waals surface area contributed by atoms with Gasteiger partial charge in [-0.05, 0) is 36.5 Å². The summed E-state index contributed by atoms with van der Waals surface area (Å²) >= 11 is 0. The van der Waals surface area contributed by atoms with Gasteiger partial charge in [0.05, 0.1) is 6.61 Å². The smallest absolute Gasteiger partial charge is 0.407 e. The molecule has 1 saturated carbocycles. The van der Waals surface area contributed by atoms with Crippen molar-refractivity contribution < 1.29 is 24.2 Å². The van der Waals surface area contributed by atoms with Crippen molar-refractivity contribution >= 4 is 18.0 Å². The van der Waals surface area contributed by atoms with Gasteiger partial charge in [0.1, 0.15) is 12.1 Å². The van der Waals surface area contributed by atoms with Gasteiger partial charge in [-0.1, -0.05) is 47.0 Å².